The van der Waals surface area contributed by atoms with Gasteiger partial charge in [0, 0.05) is 17.2 Å². The van der Waals surface area contributed by atoms with Crippen molar-refractivity contribution in [3.05, 3.63) is 59.4 Å². The van der Waals surface area contributed by atoms with Crippen LogP contribution in [0, 0.1) is 0 Å². The number of hydrogen-bond donors (Lipinski definition) is 1. The van der Waals surface area contributed by atoms with Gasteiger partial charge in [0.25, 0.3) is 0 Å². The van der Waals surface area contributed by atoms with Crippen LogP contribution in [0.2, 0.25) is 5.02 Å². The van der Waals surface area contributed by atoms with Crippen molar-refractivity contribution in [1.29, 1.82) is 0 Å². The maximum absolute atomic E-state index is 11.9. The molecule has 0 aliphatic rings. The second-order valence-electron chi connectivity index (χ2n) is 3.67. The molecule has 18 heavy (non-hydrogen) atoms. The van der Waals surface area contributed by atoms with Gasteiger partial charge in [0.05, 0.1) is 11.4 Å². The van der Waals surface area contributed by atoms with E-state index in [0.717, 1.165) is 5.69 Å². The minimum atomic E-state index is -3.50. The van der Waals surface area contributed by atoms with E-state index in [-0.39, 0.29) is 11.4 Å². The SMILES string of the molecule is O=S(=O)(NCc1cccc[nH+]1)c1ccc(Cl)cc1. The third kappa shape index (κ3) is 3.29. The summed E-state index contributed by atoms with van der Waals surface area (Å²) in [6.07, 6.45) is 1.74. The third-order valence-electron chi connectivity index (χ3n) is 2.35. The first-order valence-corrected chi connectivity index (χ1v) is 7.15. The average Bonchev–Trinajstić information content (AvgIpc) is 2.38. The molecule has 4 nitrogen and oxygen atoms in total. The van der Waals surface area contributed by atoms with Gasteiger partial charge in [0.15, 0.2) is 11.9 Å². The first-order chi connectivity index (χ1) is 8.58. The van der Waals surface area contributed by atoms with Crippen LogP contribution < -0.4 is 9.71 Å². The quantitative estimate of drug-likeness (QED) is 0.927. The van der Waals surface area contributed by atoms with E-state index in [9.17, 15) is 8.42 Å². The molecule has 0 unspecified atom stereocenters. The molecule has 0 fully saturated rings. The van der Waals surface area contributed by atoms with Gasteiger partial charge in [0.1, 0.15) is 0 Å². The Labute approximate surface area is 111 Å². The van der Waals surface area contributed by atoms with Crippen LogP contribution in [0.3, 0.4) is 0 Å². The highest BCUT2D eigenvalue weighted by molar-refractivity contribution is 7.89. The van der Waals surface area contributed by atoms with E-state index in [1.165, 1.54) is 12.1 Å². The van der Waals surface area contributed by atoms with Crippen LogP contribution >= 0.6 is 11.6 Å². The molecule has 2 aromatic rings. The number of hydrogen-bond acceptors (Lipinski definition) is 2. The number of nitrogens with one attached hydrogen (secondary N) is 2. The van der Waals surface area contributed by atoms with Crippen LogP contribution in [0.25, 0.3) is 0 Å². The molecule has 1 aromatic heterocycles. The second-order valence-corrected chi connectivity index (χ2v) is 5.87. The maximum Gasteiger partial charge on any atom is 0.241 e. The summed E-state index contributed by atoms with van der Waals surface area (Å²) in [5, 5.41) is 0.505. The number of H-pyrrole nitrogens is 1. The Hall–Kier alpha value is -1.43. The van der Waals surface area contributed by atoms with Crippen molar-refractivity contribution in [2.75, 3.05) is 0 Å². The van der Waals surface area contributed by atoms with E-state index in [1.807, 2.05) is 18.2 Å². The highest BCUT2D eigenvalue weighted by Gasteiger charge is 2.14. The molecule has 0 saturated heterocycles. The molecule has 0 radical (unpaired) electrons. The average molecular weight is 284 g/mol. The lowest BCUT2D eigenvalue weighted by Crippen LogP contribution is -2.26. The van der Waals surface area contributed by atoms with Crippen LogP contribution in [0.1, 0.15) is 5.69 Å². The molecular weight excluding hydrogens is 272 g/mol. The van der Waals surface area contributed by atoms with Gasteiger partial charge < -0.3 is 0 Å². The number of halogens is 1. The number of rotatable bonds is 4. The smallest absolute Gasteiger partial charge is 0.214 e. The van der Waals surface area contributed by atoms with E-state index in [4.69, 9.17) is 11.6 Å². The Morgan fingerprint density at radius 1 is 1.11 bits per heavy atom. The Kier molecular flexibility index (Phi) is 3.96. The van der Waals surface area contributed by atoms with E-state index in [0.29, 0.717) is 5.02 Å². The predicted octanol–water partition coefficient (Wildman–Crippen LogP) is 1.63. The van der Waals surface area contributed by atoms with Gasteiger partial charge >= 0.3 is 0 Å². The molecule has 0 aliphatic carbocycles. The minimum absolute atomic E-state index is 0.197. The van der Waals surface area contributed by atoms with Crippen molar-refractivity contribution in [3.8, 4) is 0 Å². The summed E-state index contributed by atoms with van der Waals surface area (Å²) in [6, 6.07) is 11.5. The third-order valence-corrected chi connectivity index (χ3v) is 4.02. The molecule has 0 atom stereocenters. The number of aromatic nitrogens is 1. The fourth-order valence-electron chi connectivity index (χ4n) is 1.41. The summed E-state index contributed by atoms with van der Waals surface area (Å²) in [5.41, 5.74) is 0.787. The van der Waals surface area contributed by atoms with Gasteiger partial charge in [0.2, 0.25) is 10.0 Å². The number of pyridine rings is 1. The van der Waals surface area contributed by atoms with Crippen LogP contribution in [-0.4, -0.2) is 8.42 Å². The summed E-state index contributed by atoms with van der Waals surface area (Å²) in [7, 11) is -3.50. The molecule has 0 aliphatic heterocycles. The summed E-state index contributed by atoms with van der Waals surface area (Å²) in [6.45, 7) is 0.214. The molecule has 0 spiro atoms. The van der Waals surface area contributed by atoms with Crippen LogP contribution in [-0.2, 0) is 16.6 Å². The number of sulfonamides is 1. The highest BCUT2D eigenvalue weighted by atomic mass is 35.5. The Morgan fingerprint density at radius 2 is 1.83 bits per heavy atom. The van der Waals surface area contributed by atoms with E-state index in [1.54, 1.807) is 18.3 Å². The fourth-order valence-corrected chi connectivity index (χ4v) is 2.54. The van der Waals surface area contributed by atoms with Gasteiger partial charge in [-0.1, -0.05) is 17.7 Å². The Morgan fingerprint density at radius 3 is 2.44 bits per heavy atom. The van der Waals surface area contributed by atoms with Gasteiger partial charge in [-0.15, -0.1) is 0 Å². The molecule has 2 N–H and O–H groups in total. The molecule has 0 bridgehead atoms. The van der Waals surface area contributed by atoms with Gasteiger partial charge in [-0.05, 0) is 24.3 Å². The monoisotopic (exact) mass is 283 g/mol. The summed E-state index contributed by atoms with van der Waals surface area (Å²) in [5.74, 6) is 0. The summed E-state index contributed by atoms with van der Waals surface area (Å²) < 4.78 is 26.4. The number of benzene rings is 1. The first kappa shape index (κ1) is 13.0. The minimum Gasteiger partial charge on any atom is -0.214 e. The van der Waals surface area contributed by atoms with Crippen molar-refractivity contribution >= 4 is 21.6 Å². The highest BCUT2D eigenvalue weighted by Crippen LogP contribution is 2.13. The van der Waals surface area contributed by atoms with Crippen molar-refractivity contribution in [1.82, 2.24) is 4.72 Å². The molecule has 1 aromatic carbocycles. The zero-order valence-electron chi connectivity index (χ0n) is 9.43. The molecule has 2 rings (SSSR count). The maximum atomic E-state index is 11.9. The Balaban J connectivity index is 2.11. The fraction of sp³-hybridized carbons (Fsp3) is 0.0833. The number of aromatic amines is 1. The zero-order valence-corrected chi connectivity index (χ0v) is 11.0. The van der Waals surface area contributed by atoms with Crippen LogP contribution in [0.15, 0.2) is 53.6 Å². The van der Waals surface area contributed by atoms with Crippen molar-refractivity contribution in [3.63, 3.8) is 0 Å². The normalized spacial score (nSPS) is 11.4. The lowest BCUT2D eigenvalue weighted by Gasteiger charge is -2.04. The molecule has 94 valence electrons. The van der Waals surface area contributed by atoms with Crippen molar-refractivity contribution in [2.24, 2.45) is 0 Å². The standard InChI is InChI=1S/C12H11ClN2O2S/c13-10-4-6-12(7-5-10)18(16,17)15-9-11-3-1-2-8-14-11/h1-8,15H,9H2/p+1. The molecule has 0 saturated carbocycles. The lowest BCUT2D eigenvalue weighted by molar-refractivity contribution is -0.390. The predicted molar refractivity (Wildman–Crippen MR) is 68.5 cm³/mol. The summed E-state index contributed by atoms with van der Waals surface area (Å²) in [4.78, 5) is 3.15. The van der Waals surface area contributed by atoms with Gasteiger partial charge in [-0.25, -0.2) is 18.1 Å². The molecule has 6 heteroatoms. The largest absolute Gasteiger partial charge is 0.241 e. The first-order valence-electron chi connectivity index (χ1n) is 5.29. The van der Waals surface area contributed by atoms with E-state index >= 15 is 0 Å². The topological polar surface area (TPSA) is 60.3 Å². The van der Waals surface area contributed by atoms with Crippen LogP contribution in [0.5, 0.6) is 0 Å². The van der Waals surface area contributed by atoms with Crippen molar-refractivity contribution in [2.45, 2.75) is 11.4 Å². The van der Waals surface area contributed by atoms with E-state index < -0.39 is 10.0 Å². The Bertz CT molecular complexity index is 612. The lowest BCUT2D eigenvalue weighted by atomic mass is 10.4. The van der Waals surface area contributed by atoms with Gasteiger partial charge in [-0.2, -0.15) is 0 Å². The second kappa shape index (κ2) is 5.48. The van der Waals surface area contributed by atoms with Gasteiger partial charge in [-0.3, -0.25) is 0 Å². The zero-order chi connectivity index (χ0) is 13.0. The van der Waals surface area contributed by atoms with Crippen molar-refractivity contribution < 1.29 is 13.4 Å². The van der Waals surface area contributed by atoms with E-state index in [2.05, 4.69) is 9.71 Å². The summed E-state index contributed by atoms with van der Waals surface area (Å²) >= 11 is 5.71. The molecule has 1 heterocycles. The molecular formula is C12H12ClN2O2S+. The molecule has 0 amide bonds. The van der Waals surface area contributed by atoms with Crippen LogP contribution in [0.4, 0.5) is 0 Å².